The summed E-state index contributed by atoms with van der Waals surface area (Å²) < 4.78 is 64.8. The molecule has 16 nitrogen and oxygen atoms in total. The molecule has 94 heavy (non-hydrogen) atoms. The fourth-order valence-electron chi connectivity index (χ4n) is 11.7. The Balaban J connectivity index is 0.000000190. The van der Waals surface area contributed by atoms with Gasteiger partial charge < -0.3 is 20.7 Å². The predicted octanol–water partition coefficient (Wildman–Crippen LogP) is 15.7. The molecule has 3 aliphatic rings. The normalized spacial score (nSPS) is 15.0. The van der Waals surface area contributed by atoms with Crippen LogP contribution in [0, 0.1) is 57.2 Å². The number of piperidine rings is 2. The van der Waals surface area contributed by atoms with Gasteiger partial charge in [-0.25, -0.2) is 32.2 Å². The number of fused-ring (bicyclic) bond motifs is 2. The maximum Gasteiger partial charge on any atom is 0.336 e. The Bertz CT molecular complexity index is 4480. The number of nitrogens with zero attached hydrogens (tertiary/aromatic N) is 12. The second-order valence-corrected chi connectivity index (χ2v) is 25.2. The third kappa shape index (κ3) is 16.4. The minimum atomic E-state index is -0.546. The van der Waals surface area contributed by atoms with Crippen LogP contribution in [0.15, 0.2) is 134 Å². The molecular weight excluding hydrogens is 1350 g/mol. The molecule has 0 unspecified atom stereocenters. The number of hydrogen-bond acceptors (Lipinski definition) is 15. The Kier molecular flexibility index (Phi) is 23.5. The fourth-order valence-corrected chi connectivity index (χ4v) is 12.8. The van der Waals surface area contributed by atoms with Gasteiger partial charge in [0.05, 0.1) is 96.4 Å². The van der Waals surface area contributed by atoms with Crippen LogP contribution in [0.25, 0.3) is 21.8 Å². The minimum absolute atomic E-state index is 0. The van der Waals surface area contributed by atoms with Crippen molar-refractivity contribution in [1.82, 2.24) is 50.2 Å². The molecule has 3 fully saturated rings. The number of anilines is 4. The second kappa shape index (κ2) is 32.0. The third-order valence-electron chi connectivity index (χ3n) is 16.6. The van der Waals surface area contributed by atoms with Gasteiger partial charge in [0.15, 0.2) is 0 Å². The zero-order valence-corrected chi connectivity index (χ0v) is 55.3. The Labute approximate surface area is 572 Å². The average molecular weight is 1400 g/mol. The van der Waals surface area contributed by atoms with E-state index in [0.717, 1.165) is 98.7 Å². The van der Waals surface area contributed by atoms with Crippen LogP contribution >= 0.6 is 66.0 Å². The molecular formula is C66H55BCl5F4N15OPS. The topological polar surface area (TPSA) is 207 Å². The summed E-state index contributed by atoms with van der Waals surface area (Å²) in [5, 5.41) is 57.4. The summed E-state index contributed by atoms with van der Waals surface area (Å²) in [6, 6.07) is 34.2. The summed E-state index contributed by atoms with van der Waals surface area (Å²) in [5.74, 6) is -0.458. The van der Waals surface area contributed by atoms with Crippen LogP contribution in [0.4, 0.5) is 40.3 Å². The molecule has 0 saturated carbocycles. The van der Waals surface area contributed by atoms with Gasteiger partial charge in [0.1, 0.15) is 35.4 Å². The summed E-state index contributed by atoms with van der Waals surface area (Å²) in [7, 11) is 0.627. The third-order valence-corrected chi connectivity index (χ3v) is 18.3. The van der Waals surface area contributed by atoms with Crippen LogP contribution in [-0.2, 0) is 29.4 Å². The van der Waals surface area contributed by atoms with Crippen LogP contribution in [0.5, 0.6) is 0 Å². The van der Waals surface area contributed by atoms with Crippen LogP contribution < -0.4 is 16.0 Å². The first-order valence-electron chi connectivity index (χ1n) is 29.5. The quantitative estimate of drug-likeness (QED) is 0.0467. The van der Waals surface area contributed by atoms with Gasteiger partial charge in [-0.05, 0) is 159 Å². The van der Waals surface area contributed by atoms with Gasteiger partial charge in [0.25, 0.3) is 0 Å². The largest absolute Gasteiger partial charge is 0.378 e. The standard InChI is InChI=1S/C34H29Cl2F2N7O.C31H25Cl2F2N7.CBNPS.ClH/c35-29-14-24(5-6-31(29)38)41-33-22(15-39)16-40-34-28(33)12-20(13-30(34)36)11-27(21-1-3-23(37)4-2-21)32-17-45(43-42-32)25-7-9-44(10-8-25)26-18-46-19-26;32-26-14-22(5-6-28(26)35)39-30-20(15-36)16-38-31-25(30)12-18(13-27(31)33)11-24(19-1-3-21(34)4-2-19)29-17-42(41-40-29)23-7-9-37-10-8-23;3-1-2-4-5;/h1-6,12-14,16-17,25-27H,7-11,18-19H2,(H,40,41);1-6,12-14,16-17,23-24,37H,7-11H2,(H,38,39);;1H/t27-;24-;;/m00../s1. The maximum atomic E-state index is 14.0. The van der Waals surface area contributed by atoms with Gasteiger partial charge in [-0.2, -0.15) is 10.5 Å². The molecule has 28 heteroatoms. The zero-order chi connectivity index (χ0) is 65.1. The number of likely N-dealkylation sites (tertiary alicyclic amines) is 1. The Morgan fingerprint density at radius 3 is 1.44 bits per heavy atom. The van der Waals surface area contributed by atoms with Crippen molar-refractivity contribution in [3.05, 3.63) is 222 Å². The van der Waals surface area contributed by atoms with Gasteiger partial charge in [0, 0.05) is 77.8 Å². The van der Waals surface area contributed by atoms with Crippen LogP contribution in [0.3, 0.4) is 0 Å². The van der Waals surface area contributed by atoms with E-state index < -0.39 is 11.6 Å². The predicted molar refractivity (Wildman–Crippen MR) is 365 cm³/mol. The minimum Gasteiger partial charge on any atom is -0.378 e. The van der Waals surface area contributed by atoms with Crippen molar-refractivity contribution in [2.45, 2.75) is 68.5 Å². The van der Waals surface area contributed by atoms with Gasteiger partial charge in [-0.15, -0.1) is 22.6 Å². The first kappa shape index (κ1) is 69.0. The lowest BCUT2D eigenvalue weighted by Gasteiger charge is -2.41. The lowest BCUT2D eigenvalue weighted by molar-refractivity contribution is -0.0734. The summed E-state index contributed by atoms with van der Waals surface area (Å²) in [4.78, 5) is 11.4. The van der Waals surface area contributed by atoms with E-state index in [9.17, 15) is 28.1 Å². The molecule has 0 aliphatic carbocycles. The summed E-state index contributed by atoms with van der Waals surface area (Å²) in [6.07, 6.45) is 11.7. The van der Waals surface area contributed by atoms with E-state index >= 15 is 0 Å². The SMILES string of the molecule is Cl.N#C[B]P=S.N#Cc1cnc2c(Cl)cc(C[C@@H](c3ccc(F)cc3)c3cn(C4CCN(C5COC5)CC4)nn3)cc2c1Nc1ccc(F)c(Cl)c1.N#Cc1cnc2c(Cl)cc(C[C@@H](c3ccc(F)cc3)c3cn(C4CCNCC4)nn3)cc2c1Nc1ccc(F)c(Cl)c1. The molecule has 0 bridgehead atoms. The molecule has 10 aromatic rings. The molecule has 0 spiro atoms. The number of halogens is 9. The van der Waals surface area contributed by atoms with E-state index in [2.05, 4.69) is 75.4 Å². The molecule has 2 atom stereocenters. The number of ether oxygens (including phenoxy) is 1. The summed E-state index contributed by atoms with van der Waals surface area (Å²) in [5.41, 5.74) is 8.55. The number of nitrogens with one attached hydrogen (secondary N) is 3. The van der Waals surface area contributed by atoms with Crippen molar-refractivity contribution in [2.75, 3.05) is 50.0 Å². The van der Waals surface area contributed by atoms with Crippen molar-refractivity contribution in [2.24, 2.45) is 0 Å². The Hall–Kier alpha value is -7.88. The molecule has 4 aromatic heterocycles. The van der Waals surface area contributed by atoms with Crippen LogP contribution in [0.2, 0.25) is 20.1 Å². The molecule has 3 aliphatic heterocycles. The summed E-state index contributed by atoms with van der Waals surface area (Å²) in [6.45, 7) is 6.79. The van der Waals surface area contributed by atoms with Gasteiger partial charge >= 0.3 is 7.00 Å². The first-order chi connectivity index (χ1) is 45.2. The lowest BCUT2D eigenvalue weighted by atomic mass is 9.89. The number of hydrogen-bond donors (Lipinski definition) is 3. The highest BCUT2D eigenvalue weighted by molar-refractivity contribution is 8.09. The van der Waals surface area contributed by atoms with E-state index in [1.54, 1.807) is 36.3 Å². The Morgan fingerprint density at radius 2 is 1.05 bits per heavy atom. The van der Waals surface area contributed by atoms with E-state index in [-0.39, 0.29) is 69.1 Å². The van der Waals surface area contributed by atoms with Crippen LogP contribution in [0.1, 0.15) is 94.4 Å². The van der Waals surface area contributed by atoms with Crippen molar-refractivity contribution < 1.29 is 22.3 Å². The fraction of sp³-hybridized carbons (Fsp3) is 0.258. The molecule has 1 radical (unpaired) electrons. The van der Waals surface area contributed by atoms with Crippen molar-refractivity contribution in [1.29, 1.82) is 15.8 Å². The number of aromatic nitrogens is 8. The molecule has 3 saturated heterocycles. The molecule has 3 N–H and O–H groups in total. The molecule has 6 aromatic carbocycles. The number of pyridine rings is 2. The number of rotatable bonds is 16. The van der Waals surface area contributed by atoms with Crippen molar-refractivity contribution in [3.8, 4) is 18.1 Å². The van der Waals surface area contributed by atoms with Crippen LogP contribution in [-0.4, -0.2) is 97.3 Å². The van der Waals surface area contributed by atoms with Gasteiger partial charge in [0.2, 0.25) is 0 Å². The van der Waals surface area contributed by atoms with E-state index in [1.165, 1.54) is 74.0 Å². The smallest absolute Gasteiger partial charge is 0.336 e. The summed E-state index contributed by atoms with van der Waals surface area (Å²) >= 11 is 29.9. The molecule has 0 amide bonds. The highest BCUT2D eigenvalue weighted by Gasteiger charge is 2.32. The highest BCUT2D eigenvalue weighted by atomic mass is 35.5. The van der Waals surface area contributed by atoms with Gasteiger partial charge in [-0.1, -0.05) is 100 Å². The molecule has 477 valence electrons. The molecule has 13 rings (SSSR count). The Morgan fingerprint density at radius 1 is 0.606 bits per heavy atom. The monoisotopic (exact) mass is 1400 g/mol. The lowest BCUT2D eigenvalue weighted by Crippen LogP contribution is -2.51. The number of benzene rings is 6. The zero-order valence-electron chi connectivity index (χ0n) is 49.7. The second-order valence-electron chi connectivity index (χ2n) is 22.4. The van der Waals surface area contributed by atoms with E-state index in [4.69, 9.17) is 56.4 Å². The maximum absolute atomic E-state index is 14.0. The first-order valence-corrected chi connectivity index (χ1v) is 33.0. The number of nitriles is 3. The van der Waals surface area contributed by atoms with Gasteiger partial charge in [-0.3, -0.25) is 14.9 Å². The molecule has 7 heterocycles. The van der Waals surface area contributed by atoms with Crippen molar-refractivity contribution >= 4 is 129 Å². The average Bonchev–Trinajstić information content (AvgIpc) is 0.842. The van der Waals surface area contributed by atoms with E-state index in [1.807, 2.05) is 46.0 Å². The van der Waals surface area contributed by atoms with E-state index in [0.29, 0.717) is 80.7 Å². The highest BCUT2D eigenvalue weighted by Crippen LogP contribution is 2.40. The van der Waals surface area contributed by atoms with Crippen molar-refractivity contribution in [3.63, 3.8) is 0 Å².